The van der Waals surface area contributed by atoms with Crippen molar-refractivity contribution in [1.29, 1.82) is 0 Å². The number of carbonyl (C=O) groups excluding carboxylic acids is 8. The lowest BCUT2D eigenvalue weighted by Gasteiger charge is -2.39. The van der Waals surface area contributed by atoms with Crippen LogP contribution < -0.4 is 37.6 Å². The summed E-state index contributed by atoms with van der Waals surface area (Å²) in [6.07, 6.45) is 7.55. The van der Waals surface area contributed by atoms with E-state index in [0.717, 1.165) is 28.5 Å². The highest BCUT2D eigenvalue weighted by molar-refractivity contribution is 6.00. The molecule has 0 saturated carbocycles. The number of nitro benzene ring substituents is 1. The number of aromatic amines is 1. The van der Waals surface area contributed by atoms with E-state index in [4.69, 9.17) is 5.73 Å². The summed E-state index contributed by atoms with van der Waals surface area (Å²) in [4.78, 5) is 123. The van der Waals surface area contributed by atoms with E-state index in [9.17, 15) is 52.9 Å². The first-order chi connectivity index (χ1) is 36.9. The van der Waals surface area contributed by atoms with Crippen molar-refractivity contribution >= 4 is 69.4 Å². The van der Waals surface area contributed by atoms with Crippen LogP contribution in [0.15, 0.2) is 79.0 Å². The Morgan fingerprint density at radius 3 is 2.16 bits per heavy atom. The number of nitrogens with zero attached hydrogens (tertiary/aromatic N) is 3. The first kappa shape index (κ1) is 56.7. The number of aromatic nitrogens is 1. The third kappa shape index (κ3) is 15.5. The monoisotopic (exact) mass is 1060 g/mol. The van der Waals surface area contributed by atoms with Crippen molar-refractivity contribution in [3.05, 3.63) is 117 Å². The van der Waals surface area contributed by atoms with Gasteiger partial charge in [-0.05, 0) is 98.0 Å². The number of benzene rings is 3. The molecule has 6 atom stereocenters. The van der Waals surface area contributed by atoms with Crippen molar-refractivity contribution in [2.45, 2.75) is 102 Å². The van der Waals surface area contributed by atoms with Gasteiger partial charge in [0.15, 0.2) is 0 Å². The van der Waals surface area contributed by atoms with Gasteiger partial charge < -0.3 is 47.5 Å². The van der Waals surface area contributed by atoms with Gasteiger partial charge in [0, 0.05) is 107 Å². The maximum Gasteiger partial charge on any atom is 0.269 e. The van der Waals surface area contributed by atoms with Crippen LogP contribution in [0, 0.1) is 27.8 Å². The number of amides is 8. The lowest BCUT2D eigenvalue weighted by Crippen LogP contribution is -2.58. The number of carbonyl (C=O) groups is 8. The minimum absolute atomic E-state index is 0.0320. The number of fused-ring (bicyclic) bond motifs is 2. The molecule has 2 aliphatic heterocycles. The molecule has 8 amide bonds. The maximum absolute atomic E-state index is 14.7. The minimum atomic E-state index is -1.24. The highest BCUT2D eigenvalue weighted by Crippen LogP contribution is 2.41. The summed E-state index contributed by atoms with van der Waals surface area (Å²) >= 11 is 0. The van der Waals surface area contributed by atoms with Gasteiger partial charge in [-0.3, -0.25) is 53.4 Å². The molecule has 3 heterocycles. The van der Waals surface area contributed by atoms with Crippen molar-refractivity contribution < 1.29 is 47.7 Å². The molecule has 1 unspecified atom stereocenters. The number of H-pyrrole nitrogens is 1. The summed E-state index contributed by atoms with van der Waals surface area (Å²) in [5.41, 5.74) is 10.5. The number of nitrogens with one attached hydrogen (secondary N) is 7. The summed E-state index contributed by atoms with van der Waals surface area (Å²) in [5.74, 6) is -5.21. The standard InChI is InChI=1S/C55H68FN11O10/c1-33(68)62-44(51(57)71)10-3-4-22-58-48(69)12-6-13-49(70)59-23-24-60-52(72)36-8-7-25-66(32-36)55(75)46(27-34-14-18-39(56)19-15-34)64-54(74)45(26-35-16-20-40(21-17-35)67(76)77)63-53(73)38-28-42-41-9-5-11-43-50(41)37(30-61-43)29-47(42)65(2)31-38/h5,9,11,14-21,28,30,36,38,44-47,61H,3-4,6-8,10,12-13,22-27,29,31-32H2,1-2H3,(H2,57,71)(H,58,69)(H,59,70)(H,60,72)(H,62,68)(H,63,73)(H,64,74)/t36?,38-,44+,45+,46+,47-/m1/s1. The van der Waals surface area contributed by atoms with Crippen LogP contribution in [0.4, 0.5) is 10.1 Å². The van der Waals surface area contributed by atoms with E-state index in [-0.39, 0.29) is 87.2 Å². The molecule has 1 aromatic heterocycles. The van der Waals surface area contributed by atoms with E-state index >= 15 is 0 Å². The summed E-state index contributed by atoms with van der Waals surface area (Å²) < 4.78 is 14.1. The van der Waals surface area contributed by atoms with Gasteiger partial charge >= 0.3 is 0 Å². The summed E-state index contributed by atoms with van der Waals surface area (Å²) in [5, 5.41) is 29.3. The number of hydrogen-bond donors (Lipinski definition) is 8. The number of halogens is 1. The van der Waals surface area contributed by atoms with Crippen LogP contribution in [0.1, 0.15) is 80.5 Å². The lowest BCUT2D eigenvalue weighted by atomic mass is 9.79. The molecular weight excluding hydrogens is 994 g/mol. The Bertz CT molecular complexity index is 2860. The van der Waals surface area contributed by atoms with Gasteiger partial charge in [0.1, 0.15) is 23.9 Å². The Hall–Kier alpha value is -8.01. The van der Waals surface area contributed by atoms with Crippen LogP contribution in [0.5, 0.6) is 0 Å². The van der Waals surface area contributed by atoms with E-state index in [1.54, 1.807) is 0 Å². The fourth-order valence-electron chi connectivity index (χ4n) is 10.4. The van der Waals surface area contributed by atoms with Gasteiger partial charge in [-0.2, -0.15) is 0 Å². The SMILES string of the molecule is CC(=O)N[C@@H](CCCCNC(=O)CCCC(=O)NCCNC(=O)C1CCCN(C(=O)[C@H](Cc2ccc(F)cc2)NC(=O)[C@H](Cc2ccc([N+](=O)[O-])cc2)NC(=O)[C@@H]2C=C3c4cccc5[nH]cc(c45)C[C@H]3N(C)C2)C1)C(N)=O. The topological polar surface area (TPSA) is 300 Å². The highest BCUT2D eigenvalue weighted by Gasteiger charge is 2.38. The zero-order chi connectivity index (χ0) is 55.2. The average molecular weight is 1060 g/mol. The molecule has 22 heteroatoms. The number of likely N-dealkylation sites (tertiary alicyclic amines) is 1. The highest BCUT2D eigenvalue weighted by atomic mass is 19.1. The van der Waals surface area contributed by atoms with Gasteiger partial charge in [0.05, 0.1) is 16.8 Å². The second-order valence-electron chi connectivity index (χ2n) is 20.1. The maximum atomic E-state index is 14.7. The number of nitrogens with two attached hydrogens (primary N) is 1. The molecule has 0 spiro atoms. The van der Waals surface area contributed by atoms with Crippen molar-refractivity contribution in [1.82, 2.24) is 46.7 Å². The van der Waals surface area contributed by atoms with Gasteiger partial charge in [-0.1, -0.05) is 42.5 Å². The molecule has 21 nitrogen and oxygen atoms in total. The van der Waals surface area contributed by atoms with Crippen molar-refractivity contribution in [3.63, 3.8) is 0 Å². The number of nitro groups is 1. The summed E-state index contributed by atoms with van der Waals surface area (Å²) in [6, 6.07) is 14.0. The first-order valence-corrected chi connectivity index (χ1v) is 26.2. The fraction of sp³-hybridized carbons (Fsp3) is 0.455. The van der Waals surface area contributed by atoms with Gasteiger partial charge in [0.25, 0.3) is 5.69 Å². The van der Waals surface area contributed by atoms with Crippen LogP contribution in [0.2, 0.25) is 0 Å². The molecule has 3 aliphatic rings. The number of non-ortho nitro benzene ring substituents is 1. The van der Waals surface area contributed by atoms with Crippen molar-refractivity contribution in [2.75, 3.05) is 46.3 Å². The second-order valence-corrected chi connectivity index (χ2v) is 20.1. The molecule has 410 valence electrons. The van der Waals surface area contributed by atoms with E-state index in [0.29, 0.717) is 62.7 Å². The first-order valence-electron chi connectivity index (χ1n) is 26.2. The molecule has 7 rings (SSSR count). The Balaban J connectivity index is 0.943. The van der Waals surface area contributed by atoms with Crippen LogP contribution in [-0.2, 0) is 57.6 Å². The molecule has 1 saturated heterocycles. The van der Waals surface area contributed by atoms with Crippen LogP contribution in [0.25, 0.3) is 16.5 Å². The Labute approximate surface area is 445 Å². The Morgan fingerprint density at radius 2 is 1.47 bits per heavy atom. The fourth-order valence-corrected chi connectivity index (χ4v) is 10.4. The number of likely N-dealkylation sites (N-methyl/N-ethyl adjacent to an activating group) is 1. The smallest absolute Gasteiger partial charge is 0.269 e. The van der Waals surface area contributed by atoms with E-state index in [1.165, 1.54) is 65.9 Å². The number of rotatable bonds is 25. The summed E-state index contributed by atoms with van der Waals surface area (Å²) in [7, 11) is 1.96. The lowest BCUT2D eigenvalue weighted by molar-refractivity contribution is -0.384. The largest absolute Gasteiger partial charge is 0.368 e. The predicted molar refractivity (Wildman–Crippen MR) is 283 cm³/mol. The number of hydrogen-bond acceptors (Lipinski definition) is 11. The van der Waals surface area contributed by atoms with Crippen molar-refractivity contribution in [2.24, 2.45) is 17.6 Å². The molecule has 3 aromatic carbocycles. The minimum Gasteiger partial charge on any atom is -0.368 e. The molecule has 1 aliphatic carbocycles. The zero-order valence-corrected chi connectivity index (χ0v) is 43.4. The number of primary amides is 1. The second kappa shape index (κ2) is 26.7. The Morgan fingerprint density at radius 1 is 0.792 bits per heavy atom. The normalized spacial score (nSPS) is 18.1. The van der Waals surface area contributed by atoms with Crippen LogP contribution in [0.3, 0.4) is 0 Å². The van der Waals surface area contributed by atoms with Crippen molar-refractivity contribution in [3.8, 4) is 0 Å². The molecule has 0 bridgehead atoms. The van der Waals surface area contributed by atoms with Crippen LogP contribution >= 0.6 is 0 Å². The predicted octanol–water partition coefficient (Wildman–Crippen LogP) is 2.46. The third-order valence-electron chi connectivity index (χ3n) is 14.4. The van der Waals surface area contributed by atoms with Crippen LogP contribution in [-0.4, -0.2) is 137 Å². The van der Waals surface area contributed by atoms with Gasteiger partial charge in [-0.25, -0.2) is 4.39 Å². The zero-order valence-electron chi connectivity index (χ0n) is 43.4. The average Bonchev–Trinajstić information content (AvgIpc) is 3.88. The number of unbranched alkanes of at least 4 members (excludes halogenated alkanes) is 1. The summed E-state index contributed by atoms with van der Waals surface area (Å²) in [6.45, 7) is 2.58. The van der Waals surface area contributed by atoms with E-state index in [2.05, 4.69) is 41.8 Å². The molecule has 4 aromatic rings. The van der Waals surface area contributed by atoms with E-state index < -0.39 is 64.3 Å². The Kier molecular flexibility index (Phi) is 19.6. The molecule has 0 radical (unpaired) electrons. The molecule has 77 heavy (non-hydrogen) atoms. The van der Waals surface area contributed by atoms with E-state index in [1.807, 2.05) is 37.5 Å². The number of piperidine rings is 1. The quantitative estimate of drug-likeness (QED) is 0.0271. The molecular formula is C55H68FN11O10. The molecule has 1 fully saturated rings. The van der Waals surface area contributed by atoms with Gasteiger partial charge in [0.2, 0.25) is 47.3 Å². The van der Waals surface area contributed by atoms with Gasteiger partial charge in [-0.15, -0.1) is 0 Å². The molecule has 9 N–H and O–H groups in total. The third-order valence-corrected chi connectivity index (χ3v) is 14.4.